The van der Waals surface area contributed by atoms with Crippen LogP contribution in [0.1, 0.15) is 131 Å². The number of carbonyl (C=O) groups is 1. The van der Waals surface area contributed by atoms with E-state index in [-0.39, 0.29) is 47.6 Å². The van der Waals surface area contributed by atoms with E-state index >= 15 is 0 Å². The van der Waals surface area contributed by atoms with E-state index in [2.05, 4.69) is 34.6 Å². The van der Waals surface area contributed by atoms with Gasteiger partial charge in [0.2, 0.25) is 5.79 Å². The first-order chi connectivity index (χ1) is 23.8. The van der Waals surface area contributed by atoms with Crippen molar-refractivity contribution in [2.75, 3.05) is 13.2 Å². The highest BCUT2D eigenvalue weighted by Crippen LogP contribution is 2.68. The third kappa shape index (κ3) is 5.68. The van der Waals surface area contributed by atoms with E-state index in [9.17, 15) is 15.0 Å². The van der Waals surface area contributed by atoms with Crippen molar-refractivity contribution in [3.05, 3.63) is 0 Å². The zero-order chi connectivity index (χ0) is 35.2. The highest BCUT2D eigenvalue weighted by molar-refractivity contribution is 5.66. The molecule has 1 spiro atoms. The molecule has 5 saturated carbocycles. The molecule has 284 valence electrons. The minimum absolute atomic E-state index is 0.156. The van der Waals surface area contributed by atoms with Gasteiger partial charge in [0.25, 0.3) is 0 Å². The number of carboxylic acids is 1. The van der Waals surface area contributed by atoms with Gasteiger partial charge in [0, 0.05) is 24.7 Å². The molecule has 9 aliphatic rings. The zero-order valence-corrected chi connectivity index (χ0v) is 31.6. The third-order valence-electron chi connectivity index (χ3n) is 17.0. The van der Waals surface area contributed by atoms with E-state index in [0.29, 0.717) is 60.6 Å². The average molecular weight is 703 g/mol. The fraction of sp³-hybridized carbons (Fsp3) is 0.976. The fourth-order valence-corrected chi connectivity index (χ4v) is 14.3. The number of ether oxygens (including phenoxy) is 4. The van der Waals surface area contributed by atoms with Gasteiger partial charge in [-0.25, -0.2) is 9.78 Å². The third-order valence-corrected chi connectivity index (χ3v) is 17.0. The van der Waals surface area contributed by atoms with Crippen molar-refractivity contribution in [2.45, 2.75) is 168 Å². The van der Waals surface area contributed by atoms with Crippen LogP contribution in [0.2, 0.25) is 0 Å². The first-order valence-corrected chi connectivity index (χ1v) is 20.6. The molecule has 50 heavy (non-hydrogen) atoms. The molecular formula is C41H66O9. The Kier molecular flexibility index (Phi) is 9.55. The lowest BCUT2D eigenvalue weighted by molar-refractivity contribution is -0.577. The van der Waals surface area contributed by atoms with Gasteiger partial charge in [-0.2, -0.15) is 0 Å². The molecule has 2 bridgehead atoms. The molecule has 4 aliphatic heterocycles. The highest BCUT2D eigenvalue weighted by Gasteiger charge is 2.70. The largest absolute Gasteiger partial charge is 0.481 e. The topological polar surface area (TPSA) is 113 Å². The van der Waals surface area contributed by atoms with Crippen molar-refractivity contribution in [3.8, 4) is 0 Å². The summed E-state index contributed by atoms with van der Waals surface area (Å²) in [6.45, 7) is 14.8. The van der Waals surface area contributed by atoms with Crippen molar-refractivity contribution in [1.82, 2.24) is 0 Å². The molecule has 0 aromatic rings. The minimum Gasteiger partial charge on any atom is -0.481 e. The van der Waals surface area contributed by atoms with Gasteiger partial charge >= 0.3 is 5.97 Å². The molecule has 0 aromatic heterocycles. The maximum atomic E-state index is 11.8. The molecule has 4 saturated heterocycles. The Balaban J connectivity index is 0.857. The van der Waals surface area contributed by atoms with E-state index in [1.54, 1.807) is 0 Å². The summed E-state index contributed by atoms with van der Waals surface area (Å²) in [5.41, 5.74) is -0.119. The molecule has 9 heteroatoms. The average Bonchev–Trinajstić information content (AvgIpc) is 3.27. The maximum absolute atomic E-state index is 11.8. The summed E-state index contributed by atoms with van der Waals surface area (Å²) in [5, 5.41) is 21.1. The van der Waals surface area contributed by atoms with Crippen LogP contribution in [-0.2, 0) is 33.5 Å². The quantitative estimate of drug-likeness (QED) is 0.184. The summed E-state index contributed by atoms with van der Waals surface area (Å²) in [4.78, 5) is 23.6. The van der Waals surface area contributed by atoms with Crippen LogP contribution in [-0.4, -0.2) is 65.6 Å². The predicted molar refractivity (Wildman–Crippen MR) is 185 cm³/mol. The summed E-state index contributed by atoms with van der Waals surface area (Å²) in [6, 6.07) is 0. The normalized spacial score (nSPS) is 54.5. The fourth-order valence-electron chi connectivity index (χ4n) is 14.3. The smallest absolute Gasteiger partial charge is 0.303 e. The van der Waals surface area contributed by atoms with E-state index in [1.165, 1.54) is 32.1 Å². The van der Waals surface area contributed by atoms with Gasteiger partial charge in [0.15, 0.2) is 18.2 Å². The molecule has 0 aromatic carbocycles. The summed E-state index contributed by atoms with van der Waals surface area (Å²) in [7, 11) is 0. The van der Waals surface area contributed by atoms with Gasteiger partial charge in [-0.3, -0.25) is 4.79 Å². The summed E-state index contributed by atoms with van der Waals surface area (Å²) in [6.07, 6.45) is 13.0. The number of aliphatic carboxylic acids is 1. The number of hydrogen-bond donors (Lipinski definition) is 2. The van der Waals surface area contributed by atoms with Gasteiger partial charge in [0.05, 0.1) is 25.4 Å². The summed E-state index contributed by atoms with van der Waals surface area (Å²) >= 11 is 0. The maximum Gasteiger partial charge on any atom is 0.303 e. The Morgan fingerprint density at radius 2 is 1.56 bits per heavy atom. The molecule has 5 aliphatic carbocycles. The predicted octanol–water partition coefficient (Wildman–Crippen LogP) is 7.73. The highest BCUT2D eigenvalue weighted by atomic mass is 17.3. The Morgan fingerprint density at radius 1 is 0.840 bits per heavy atom. The lowest BCUT2D eigenvalue weighted by atomic mass is 9.43. The number of aliphatic hydroxyl groups excluding tert-OH is 1. The second kappa shape index (κ2) is 13.2. The van der Waals surface area contributed by atoms with Crippen LogP contribution in [0, 0.1) is 70.0 Å². The van der Waals surface area contributed by atoms with E-state index < -0.39 is 23.6 Å². The van der Waals surface area contributed by atoms with Crippen LogP contribution in [0.25, 0.3) is 0 Å². The molecule has 2 N–H and O–H groups in total. The Hall–Kier alpha value is -0.810. The van der Waals surface area contributed by atoms with Gasteiger partial charge in [-0.15, -0.1) is 0 Å². The summed E-state index contributed by atoms with van der Waals surface area (Å²) in [5.74, 6) is 2.73. The van der Waals surface area contributed by atoms with Crippen LogP contribution >= 0.6 is 0 Å². The SMILES string of the molecule is C[C@H]1C(OCCO[C@@H]2CC[C@@]3(C)C(C2)C[C@H](O)C2C3CC[C@@]3(C)C2CC[C@@H]3[C@H](C)CCC(=O)O)OC2O[C@]3(C)CCC4[C@H](C)CCC1[C@@]24OO3. The monoisotopic (exact) mass is 702 g/mol. The van der Waals surface area contributed by atoms with Crippen molar-refractivity contribution in [1.29, 1.82) is 0 Å². The number of carboxylic acid groups (broad SMARTS) is 1. The minimum atomic E-state index is -0.785. The molecule has 9 fully saturated rings. The molecule has 4 heterocycles. The van der Waals surface area contributed by atoms with Crippen molar-refractivity contribution >= 4 is 5.97 Å². The van der Waals surface area contributed by atoms with Gasteiger partial charge < -0.3 is 29.2 Å². The van der Waals surface area contributed by atoms with Gasteiger partial charge in [-0.05, 0) is 142 Å². The van der Waals surface area contributed by atoms with Gasteiger partial charge in [-0.1, -0.05) is 34.6 Å². The second-order valence-electron chi connectivity index (χ2n) is 19.3. The molecule has 9 nitrogen and oxygen atoms in total. The van der Waals surface area contributed by atoms with Crippen LogP contribution in [0.4, 0.5) is 0 Å². The standard InChI is InChI=1S/C41H66O9/c1-23(8-12-34(43)44)28-10-11-31-35-32(14-17-39(28,31)5)38(4)16-13-27(21-26(38)22-33(35)42)45-19-20-46-36-25(3)30-9-7-24(2)29-15-18-40(6)48-37(47-36)41(29,30)50-49-40/h23-33,35-37,42H,7-22H2,1-6H3,(H,43,44)/t23-,24-,25-,26?,27-,28-,29?,30?,31?,32?,33+,35?,36?,37?,38+,39-,40+,41-/m1/s1. The molecule has 0 amide bonds. The lowest BCUT2D eigenvalue weighted by Crippen LogP contribution is -2.70. The number of hydrogen-bond acceptors (Lipinski definition) is 8. The lowest BCUT2D eigenvalue weighted by Gasteiger charge is -2.62. The number of aliphatic hydroxyl groups is 1. The van der Waals surface area contributed by atoms with Crippen LogP contribution in [0.15, 0.2) is 0 Å². The molecule has 8 unspecified atom stereocenters. The first-order valence-electron chi connectivity index (χ1n) is 20.6. The Bertz CT molecular complexity index is 1260. The Labute approximate surface area is 300 Å². The zero-order valence-electron chi connectivity index (χ0n) is 31.6. The van der Waals surface area contributed by atoms with Crippen molar-refractivity contribution < 1.29 is 43.7 Å². The van der Waals surface area contributed by atoms with Gasteiger partial charge in [0.1, 0.15) is 0 Å². The number of rotatable bonds is 9. The molecule has 9 rings (SSSR count). The van der Waals surface area contributed by atoms with Crippen LogP contribution in [0.5, 0.6) is 0 Å². The number of fused-ring (bicyclic) bond motifs is 7. The van der Waals surface area contributed by atoms with Crippen molar-refractivity contribution in [3.63, 3.8) is 0 Å². The Morgan fingerprint density at radius 3 is 2.36 bits per heavy atom. The molecule has 0 radical (unpaired) electrons. The van der Waals surface area contributed by atoms with Crippen molar-refractivity contribution in [2.24, 2.45) is 70.0 Å². The van der Waals surface area contributed by atoms with Crippen LogP contribution in [0.3, 0.4) is 0 Å². The molecule has 18 atom stereocenters. The van der Waals surface area contributed by atoms with E-state index in [0.717, 1.165) is 51.4 Å². The first kappa shape index (κ1) is 36.2. The van der Waals surface area contributed by atoms with Crippen LogP contribution < -0.4 is 0 Å². The van der Waals surface area contributed by atoms with E-state index in [1.807, 2.05) is 6.92 Å². The molecular weight excluding hydrogens is 636 g/mol. The van der Waals surface area contributed by atoms with E-state index in [4.69, 9.17) is 28.7 Å². The second-order valence-corrected chi connectivity index (χ2v) is 19.3. The summed E-state index contributed by atoms with van der Waals surface area (Å²) < 4.78 is 26.1.